The van der Waals surface area contributed by atoms with Gasteiger partial charge >= 0.3 is 0 Å². The summed E-state index contributed by atoms with van der Waals surface area (Å²) in [6, 6.07) is 0. The van der Waals surface area contributed by atoms with Crippen LogP contribution in [-0.2, 0) is 4.52 Å². The minimum atomic E-state index is -1.25. The molecule has 0 aliphatic heterocycles. The standard InChI is InChI=1S/C2H4Cl3OP/c3-1-2-6-7(4)5/h1-2H2. The SMILES string of the molecule is ClCCOP(Cl)Cl. The third-order valence-corrected chi connectivity index (χ3v) is 1.38. The van der Waals surface area contributed by atoms with Gasteiger partial charge in [-0.2, -0.15) is 0 Å². The van der Waals surface area contributed by atoms with Crippen LogP contribution in [0.25, 0.3) is 0 Å². The van der Waals surface area contributed by atoms with Gasteiger partial charge in [0.25, 0.3) is 0 Å². The van der Waals surface area contributed by atoms with Gasteiger partial charge in [-0.25, -0.2) is 0 Å². The molecule has 0 atom stereocenters. The fourth-order valence-electron chi connectivity index (χ4n) is 0.104. The van der Waals surface area contributed by atoms with Crippen LogP contribution in [0, 0.1) is 0 Å². The number of hydrogen-bond donors (Lipinski definition) is 0. The minimum Gasteiger partial charge on any atom is -0.330 e. The van der Waals surface area contributed by atoms with E-state index in [4.69, 9.17) is 34.1 Å². The van der Waals surface area contributed by atoms with E-state index in [1.54, 1.807) is 0 Å². The first kappa shape index (κ1) is 8.26. The van der Waals surface area contributed by atoms with Crippen LogP contribution in [-0.4, -0.2) is 12.5 Å². The van der Waals surface area contributed by atoms with E-state index < -0.39 is 6.85 Å². The molecule has 0 aromatic rings. The van der Waals surface area contributed by atoms with E-state index in [0.717, 1.165) is 0 Å². The topological polar surface area (TPSA) is 9.23 Å². The van der Waals surface area contributed by atoms with Crippen molar-refractivity contribution in [2.75, 3.05) is 12.5 Å². The molecular weight excluding hydrogens is 177 g/mol. The molecule has 0 aromatic carbocycles. The van der Waals surface area contributed by atoms with Gasteiger partial charge in [-0.1, -0.05) is 0 Å². The van der Waals surface area contributed by atoms with Crippen LogP contribution < -0.4 is 0 Å². The van der Waals surface area contributed by atoms with E-state index >= 15 is 0 Å². The van der Waals surface area contributed by atoms with E-state index in [0.29, 0.717) is 12.5 Å². The quantitative estimate of drug-likeness (QED) is 0.480. The zero-order chi connectivity index (χ0) is 5.70. The van der Waals surface area contributed by atoms with Crippen molar-refractivity contribution >= 4 is 40.9 Å². The highest BCUT2D eigenvalue weighted by Crippen LogP contribution is 2.47. The van der Waals surface area contributed by atoms with Crippen molar-refractivity contribution in [3.63, 3.8) is 0 Å². The summed E-state index contributed by atoms with van der Waals surface area (Å²) in [7, 11) is 0. The molecule has 0 fully saturated rings. The van der Waals surface area contributed by atoms with Gasteiger partial charge in [0.05, 0.1) is 6.61 Å². The molecule has 0 aliphatic rings. The molecule has 0 rings (SSSR count). The monoisotopic (exact) mass is 180 g/mol. The summed E-state index contributed by atoms with van der Waals surface area (Å²) in [5, 5.41) is 0. The van der Waals surface area contributed by atoms with Gasteiger partial charge in [-0.05, 0) is 22.5 Å². The van der Waals surface area contributed by atoms with E-state index in [1.165, 1.54) is 0 Å². The molecule has 0 bridgehead atoms. The van der Waals surface area contributed by atoms with Gasteiger partial charge in [0.15, 0.2) is 0 Å². The van der Waals surface area contributed by atoms with E-state index in [1.807, 2.05) is 0 Å². The summed E-state index contributed by atoms with van der Waals surface area (Å²) in [6.07, 6.45) is 0. The first-order valence-electron chi connectivity index (χ1n) is 1.58. The van der Waals surface area contributed by atoms with Gasteiger partial charge in [-0.15, -0.1) is 11.6 Å². The van der Waals surface area contributed by atoms with Gasteiger partial charge < -0.3 is 4.52 Å². The summed E-state index contributed by atoms with van der Waals surface area (Å²) in [5.74, 6) is 0.443. The van der Waals surface area contributed by atoms with Crippen LogP contribution >= 0.6 is 40.9 Å². The van der Waals surface area contributed by atoms with Crippen LogP contribution in [0.5, 0.6) is 0 Å². The van der Waals surface area contributed by atoms with Crippen molar-refractivity contribution in [1.29, 1.82) is 0 Å². The van der Waals surface area contributed by atoms with Gasteiger partial charge in [-0.3, -0.25) is 0 Å². The molecule has 0 heterocycles. The predicted octanol–water partition coefficient (Wildman–Crippen LogP) is 2.95. The fraction of sp³-hybridized carbons (Fsp3) is 1.00. The second kappa shape index (κ2) is 5.40. The average Bonchev–Trinajstić information content (AvgIpc) is 1.61. The van der Waals surface area contributed by atoms with Crippen LogP contribution in [0.4, 0.5) is 0 Å². The Bertz CT molecular complexity index is 41.9. The molecule has 0 radical (unpaired) electrons. The van der Waals surface area contributed by atoms with E-state index in [2.05, 4.69) is 4.52 Å². The maximum atomic E-state index is 5.21. The van der Waals surface area contributed by atoms with Crippen molar-refractivity contribution in [2.45, 2.75) is 0 Å². The van der Waals surface area contributed by atoms with Crippen LogP contribution in [0.15, 0.2) is 0 Å². The molecule has 0 aliphatic carbocycles. The van der Waals surface area contributed by atoms with Crippen molar-refractivity contribution < 1.29 is 4.52 Å². The minimum absolute atomic E-state index is 0.431. The Morgan fingerprint density at radius 3 is 2.14 bits per heavy atom. The van der Waals surface area contributed by atoms with Crippen molar-refractivity contribution in [3.05, 3.63) is 0 Å². The molecule has 1 nitrogen and oxygen atoms in total. The van der Waals surface area contributed by atoms with E-state index in [9.17, 15) is 0 Å². The molecule has 0 saturated carbocycles. The Labute approximate surface area is 58.3 Å². The Morgan fingerprint density at radius 2 is 2.00 bits per heavy atom. The Morgan fingerprint density at radius 1 is 1.43 bits per heavy atom. The molecule has 44 valence electrons. The van der Waals surface area contributed by atoms with E-state index in [-0.39, 0.29) is 0 Å². The second-order valence-corrected chi connectivity index (χ2v) is 4.13. The lowest BCUT2D eigenvalue weighted by atomic mass is 10.9. The average molecular weight is 181 g/mol. The van der Waals surface area contributed by atoms with Crippen LogP contribution in [0.3, 0.4) is 0 Å². The molecular formula is C2H4Cl3OP. The lowest BCUT2D eigenvalue weighted by Crippen LogP contribution is -1.83. The molecule has 7 heavy (non-hydrogen) atoms. The maximum Gasteiger partial charge on any atom is 0.225 e. The lowest BCUT2D eigenvalue weighted by Gasteiger charge is -1.96. The van der Waals surface area contributed by atoms with Crippen molar-refractivity contribution in [3.8, 4) is 0 Å². The highest BCUT2D eigenvalue weighted by molar-refractivity contribution is 8.00. The molecule has 0 N–H and O–H groups in total. The van der Waals surface area contributed by atoms with Crippen LogP contribution in [0.1, 0.15) is 0 Å². The zero-order valence-electron chi connectivity index (χ0n) is 3.40. The Balaban J connectivity index is 2.68. The molecule has 0 saturated heterocycles. The third-order valence-electron chi connectivity index (χ3n) is 0.266. The highest BCUT2D eigenvalue weighted by Gasteiger charge is 1.94. The summed E-state index contributed by atoms with van der Waals surface area (Å²) >= 11 is 15.6. The first-order valence-corrected chi connectivity index (χ1v) is 5.18. The molecule has 0 unspecified atom stereocenters. The number of rotatable bonds is 3. The molecule has 0 spiro atoms. The lowest BCUT2D eigenvalue weighted by molar-refractivity contribution is 0.396. The summed E-state index contributed by atoms with van der Waals surface area (Å²) in [5.41, 5.74) is 0. The molecule has 0 aromatic heterocycles. The Hall–Kier alpha value is 1.26. The zero-order valence-corrected chi connectivity index (χ0v) is 6.57. The second-order valence-electron chi connectivity index (χ2n) is 0.724. The van der Waals surface area contributed by atoms with Gasteiger partial charge in [0.1, 0.15) is 0 Å². The van der Waals surface area contributed by atoms with Crippen molar-refractivity contribution in [2.24, 2.45) is 0 Å². The first-order chi connectivity index (χ1) is 3.27. The number of hydrogen-bond acceptors (Lipinski definition) is 1. The summed E-state index contributed by atoms with van der Waals surface area (Å²) < 4.78 is 4.65. The molecule has 0 amide bonds. The van der Waals surface area contributed by atoms with Crippen molar-refractivity contribution in [1.82, 2.24) is 0 Å². The van der Waals surface area contributed by atoms with Gasteiger partial charge in [0, 0.05) is 5.88 Å². The van der Waals surface area contributed by atoms with Crippen LogP contribution in [0.2, 0.25) is 0 Å². The summed E-state index contributed by atoms with van der Waals surface area (Å²) in [6.45, 7) is -0.816. The smallest absolute Gasteiger partial charge is 0.225 e. The third kappa shape index (κ3) is 7.26. The van der Waals surface area contributed by atoms with Gasteiger partial charge in [0.2, 0.25) is 6.85 Å². The Kier molecular flexibility index (Phi) is 6.37. The normalized spacial score (nSPS) is 10.3. The molecule has 5 heteroatoms. The number of halogens is 3. The summed E-state index contributed by atoms with van der Waals surface area (Å²) in [4.78, 5) is 0. The largest absolute Gasteiger partial charge is 0.330 e. The number of alkyl halides is 1. The maximum absolute atomic E-state index is 5.21. The predicted molar refractivity (Wildman–Crippen MR) is 35.3 cm³/mol. The fourth-order valence-corrected chi connectivity index (χ4v) is 0.932. The highest BCUT2D eigenvalue weighted by atomic mass is 35.9.